The van der Waals surface area contributed by atoms with Gasteiger partial charge in [-0.3, -0.25) is 4.79 Å². The van der Waals surface area contributed by atoms with Gasteiger partial charge in [-0.1, -0.05) is 35.9 Å². The highest BCUT2D eigenvalue weighted by molar-refractivity contribution is 6.00. The van der Waals surface area contributed by atoms with E-state index in [4.69, 9.17) is 4.74 Å². The van der Waals surface area contributed by atoms with E-state index >= 15 is 0 Å². The van der Waals surface area contributed by atoms with Crippen molar-refractivity contribution >= 4 is 11.6 Å². The Kier molecular flexibility index (Phi) is 3.98. The molecule has 0 saturated carbocycles. The molecule has 2 aromatic carbocycles. The number of benzene rings is 2. The third-order valence-corrected chi connectivity index (χ3v) is 4.80. The minimum atomic E-state index is 0.0571. The van der Waals surface area contributed by atoms with Crippen LogP contribution in [0.4, 0.5) is 5.69 Å². The van der Waals surface area contributed by atoms with Crippen LogP contribution in [0.25, 0.3) is 0 Å². The molecule has 4 nitrogen and oxygen atoms in total. The molecule has 0 fully saturated rings. The molecule has 2 aliphatic heterocycles. The van der Waals surface area contributed by atoms with Crippen LogP contribution in [0.2, 0.25) is 0 Å². The fourth-order valence-electron chi connectivity index (χ4n) is 3.44. The Bertz CT molecular complexity index is 768. The Labute approximate surface area is 142 Å². The van der Waals surface area contributed by atoms with Crippen LogP contribution in [0, 0.1) is 6.92 Å². The molecular weight excluding hydrogens is 300 g/mol. The molecule has 2 heterocycles. The second-order valence-electron chi connectivity index (χ2n) is 6.70. The molecule has 0 saturated heterocycles. The minimum Gasteiger partial charge on any atom is -0.488 e. The molecule has 4 rings (SSSR count). The molecule has 1 atom stereocenters. The van der Waals surface area contributed by atoms with Crippen molar-refractivity contribution in [3.63, 3.8) is 0 Å². The molecule has 0 spiro atoms. The van der Waals surface area contributed by atoms with E-state index < -0.39 is 0 Å². The van der Waals surface area contributed by atoms with E-state index in [1.54, 1.807) is 0 Å². The lowest BCUT2D eigenvalue weighted by atomic mass is 9.97. The van der Waals surface area contributed by atoms with Crippen LogP contribution >= 0.6 is 0 Å². The van der Waals surface area contributed by atoms with Gasteiger partial charge in [-0.25, -0.2) is 0 Å². The van der Waals surface area contributed by atoms with Crippen LogP contribution in [0.5, 0.6) is 5.75 Å². The number of carbonyl (C=O) groups excluding carboxylic acids is 1. The number of aryl methyl sites for hydroxylation is 2. The molecule has 2 aromatic rings. The monoisotopic (exact) mass is 322 g/mol. The third kappa shape index (κ3) is 3.02. The number of amides is 1. The summed E-state index contributed by atoms with van der Waals surface area (Å²) >= 11 is 0. The van der Waals surface area contributed by atoms with Gasteiger partial charge in [-0.2, -0.15) is 0 Å². The number of hydrogen-bond acceptors (Lipinski definition) is 3. The second kappa shape index (κ2) is 6.29. The van der Waals surface area contributed by atoms with E-state index in [1.165, 1.54) is 16.7 Å². The molecule has 0 radical (unpaired) electrons. The number of anilines is 1. The molecular formula is C20H22N2O2. The molecule has 24 heavy (non-hydrogen) atoms. The largest absolute Gasteiger partial charge is 0.488 e. The SMILES string of the molecule is Cc1ccc(CNCC2CCc3ccc4c(c3O2)CC(=O)N4)cc1. The maximum absolute atomic E-state index is 11.6. The van der Waals surface area contributed by atoms with Gasteiger partial charge in [-0.15, -0.1) is 0 Å². The third-order valence-electron chi connectivity index (χ3n) is 4.80. The van der Waals surface area contributed by atoms with Crippen molar-refractivity contribution in [2.24, 2.45) is 0 Å². The summed E-state index contributed by atoms with van der Waals surface area (Å²) in [5.74, 6) is 0.987. The maximum atomic E-state index is 11.6. The summed E-state index contributed by atoms with van der Waals surface area (Å²) in [5, 5.41) is 6.39. The average molecular weight is 322 g/mol. The first kappa shape index (κ1) is 15.2. The highest BCUT2D eigenvalue weighted by Gasteiger charge is 2.28. The zero-order chi connectivity index (χ0) is 16.5. The van der Waals surface area contributed by atoms with Crippen LogP contribution in [0.15, 0.2) is 36.4 Å². The summed E-state index contributed by atoms with van der Waals surface area (Å²) in [6, 6.07) is 12.7. The first-order valence-electron chi connectivity index (χ1n) is 8.56. The fourth-order valence-corrected chi connectivity index (χ4v) is 3.44. The number of fused-ring (bicyclic) bond motifs is 3. The van der Waals surface area contributed by atoms with E-state index in [1.807, 2.05) is 6.07 Å². The predicted molar refractivity (Wildman–Crippen MR) is 94.4 cm³/mol. The van der Waals surface area contributed by atoms with Crippen LogP contribution in [-0.2, 0) is 24.2 Å². The Hall–Kier alpha value is -2.33. The van der Waals surface area contributed by atoms with Gasteiger partial charge in [0.2, 0.25) is 5.91 Å². The normalized spacial score (nSPS) is 18.5. The van der Waals surface area contributed by atoms with Gasteiger partial charge in [0.15, 0.2) is 0 Å². The van der Waals surface area contributed by atoms with Crippen LogP contribution < -0.4 is 15.4 Å². The summed E-state index contributed by atoms with van der Waals surface area (Å²) in [6.45, 7) is 3.76. The van der Waals surface area contributed by atoms with Gasteiger partial charge in [-0.05, 0) is 37.0 Å². The van der Waals surface area contributed by atoms with Gasteiger partial charge in [0.1, 0.15) is 11.9 Å². The lowest BCUT2D eigenvalue weighted by Gasteiger charge is -2.28. The van der Waals surface area contributed by atoms with Crippen molar-refractivity contribution < 1.29 is 9.53 Å². The van der Waals surface area contributed by atoms with E-state index in [9.17, 15) is 4.79 Å². The molecule has 1 amide bonds. The molecule has 124 valence electrons. The summed E-state index contributed by atoms with van der Waals surface area (Å²) in [4.78, 5) is 11.6. The Morgan fingerprint density at radius 3 is 2.88 bits per heavy atom. The van der Waals surface area contributed by atoms with Gasteiger partial charge in [0.25, 0.3) is 0 Å². The second-order valence-corrected chi connectivity index (χ2v) is 6.70. The van der Waals surface area contributed by atoms with E-state index in [2.05, 4.69) is 47.9 Å². The van der Waals surface area contributed by atoms with Crippen molar-refractivity contribution in [2.45, 2.75) is 38.8 Å². The van der Waals surface area contributed by atoms with Crippen molar-refractivity contribution in [2.75, 3.05) is 11.9 Å². The van der Waals surface area contributed by atoms with E-state index in [-0.39, 0.29) is 12.0 Å². The Morgan fingerprint density at radius 1 is 1.21 bits per heavy atom. The molecule has 2 N–H and O–H groups in total. The molecule has 0 bridgehead atoms. The Morgan fingerprint density at radius 2 is 2.04 bits per heavy atom. The number of hydrogen-bond donors (Lipinski definition) is 2. The molecule has 4 heteroatoms. The van der Waals surface area contributed by atoms with Crippen molar-refractivity contribution in [1.82, 2.24) is 5.32 Å². The Balaban J connectivity index is 1.39. The highest BCUT2D eigenvalue weighted by atomic mass is 16.5. The van der Waals surface area contributed by atoms with Crippen molar-refractivity contribution in [3.8, 4) is 5.75 Å². The van der Waals surface area contributed by atoms with Gasteiger partial charge in [0.05, 0.1) is 6.42 Å². The first-order valence-corrected chi connectivity index (χ1v) is 8.56. The van der Waals surface area contributed by atoms with Crippen LogP contribution in [-0.4, -0.2) is 18.6 Å². The topological polar surface area (TPSA) is 50.4 Å². The summed E-state index contributed by atoms with van der Waals surface area (Å²) in [6.07, 6.45) is 2.61. The lowest BCUT2D eigenvalue weighted by molar-refractivity contribution is -0.115. The zero-order valence-electron chi connectivity index (χ0n) is 13.9. The number of rotatable bonds is 4. The zero-order valence-corrected chi connectivity index (χ0v) is 13.9. The molecule has 0 aromatic heterocycles. The average Bonchev–Trinajstić information content (AvgIpc) is 2.97. The lowest BCUT2D eigenvalue weighted by Crippen LogP contribution is -2.34. The standard InChI is InChI=1S/C20H22N2O2/c1-13-2-4-14(5-3-13)11-21-12-16-8-6-15-7-9-18-17(20(15)24-16)10-19(23)22-18/h2-5,7,9,16,21H,6,8,10-12H2,1H3,(H,22,23). The maximum Gasteiger partial charge on any atom is 0.229 e. The first-order chi connectivity index (χ1) is 11.7. The smallest absolute Gasteiger partial charge is 0.229 e. The predicted octanol–water partition coefficient (Wildman–Crippen LogP) is 2.97. The quantitative estimate of drug-likeness (QED) is 0.910. The van der Waals surface area contributed by atoms with Crippen molar-refractivity contribution in [3.05, 3.63) is 58.7 Å². The highest BCUT2D eigenvalue weighted by Crippen LogP contribution is 2.38. The fraction of sp³-hybridized carbons (Fsp3) is 0.350. The van der Waals surface area contributed by atoms with Crippen molar-refractivity contribution in [1.29, 1.82) is 0 Å². The van der Waals surface area contributed by atoms with Crippen LogP contribution in [0.1, 0.15) is 28.7 Å². The molecule has 2 aliphatic rings. The number of carbonyl (C=O) groups is 1. The summed E-state index contributed by atoms with van der Waals surface area (Å²) in [5.41, 5.74) is 5.73. The van der Waals surface area contributed by atoms with Gasteiger partial charge < -0.3 is 15.4 Å². The van der Waals surface area contributed by atoms with Crippen LogP contribution in [0.3, 0.4) is 0 Å². The summed E-state index contributed by atoms with van der Waals surface area (Å²) < 4.78 is 6.23. The number of ether oxygens (including phenoxy) is 1. The minimum absolute atomic E-state index is 0.0571. The summed E-state index contributed by atoms with van der Waals surface area (Å²) in [7, 11) is 0. The van der Waals surface area contributed by atoms with E-state index in [0.717, 1.165) is 42.9 Å². The van der Waals surface area contributed by atoms with Gasteiger partial charge >= 0.3 is 0 Å². The molecule has 1 unspecified atom stereocenters. The van der Waals surface area contributed by atoms with Gasteiger partial charge in [0, 0.05) is 24.3 Å². The number of nitrogens with one attached hydrogen (secondary N) is 2. The van der Waals surface area contributed by atoms with E-state index in [0.29, 0.717) is 6.42 Å². The molecule has 0 aliphatic carbocycles.